The van der Waals surface area contributed by atoms with E-state index in [9.17, 15) is 26.4 Å². The summed E-state index contributed by atoms with van der Waals surface area (Å²) >= 11 is 0. The maximum atomic E-state index is 12.5. The lowest BCUT2D eigenvalue weighted by Crippen LogP contribution is -2.18. The molecule has 0 aliphatic carbocycles. The van der Waals surface area contributed by atoms with Crippen molar-refractivity contribution in [2.75, 3.05) is 17.7 Å². The maximum absolute atomic E-state index is 12.5. The first-order chi connectivity index (χ1) is 9.88. The number of anilines is 1. The average Bonchev–Trinajstić information content (AvgIpc) is 2.67. The van der Waals surface area contributed by atoms with Crippen molar-refractivity contribution in [3.8, 4) is 0 Å². The smallest absolute Gasteiger partial charge is 0.416 e. The summed E-state index contributed by atoms with van der Waals surface area (Å²) in [6.45, 7) is -0.146. The number of rotatable bonds is 1. The number of halogens is 3. The predicted molar refractivity (Wildman–Crippen MR) is 72.0 cm³/mol. The largest absolute Gasteiger partial charge is 0.503 e. The number of Topliss-reactive ketones (excluding diaryl/α,β-unsaturated/α-hetero) is 1. The monoisotopic (exact) mass is 339 g/mol. The van der Waals surface area contributed by atoms with Gasteiger partial charge in [-0.05, 0) is 18.2 Å². The highest BCUT2D eigenvalue weighted by atomic mass is 32.2. The minimum atomic E-state index is -4.43. The van der Waals surface area contributed by atoms with Gasteiger partial charge in [0.2, 0.25) is 5.78 Å². The molecule has 122 valence electrons. The lowest BCUT2D eigenvalue weighted by Gasteiger charge is -2.16. The van der Waals surface area contributed by atoms with Gasteiger partial charge in [0.1, 0.15) is 0 Å². The molecular weight excluding hydrogens is 327 g/mol. The second-order valence-electron chi connectivity index (χ2n) is 4.35. The molecule has 1 aliphatic rings. The fourth-order valence-electron chi connectivity index (χ4n) is 1.53. The van der Waals surface area contributed by atoms with Crippen LogP contribution in [0, 0.1) is 0 Å². The number of carbonyl (C=O) groups excluding carboxylic acids is 1. The fraction of sp³-hybridized carbons (Fsp3) is 0.250. The van der Waals surface area contributed by atoms with Crippen molar-refractivity contribution in [2.24, 2.45) is 0 Å². The van der Waals surface area contributed by atoms with Gasteiger partial charge in [0.25, 0.3) is 10.1 Å². The van der Waals surface area contributed by atoms with Crippen LogP contribution < -0.4 is 4.90 Å². The van der Waals surface area contributed by atoms with E-state index in [4.69, 9.17) is 9.66 Å². The molecule has 0 aromatic heterocycles. The fourth-order valence-corrected chi connectivity index (χ4v) is 1.53. The van der Waals surface area contributed by atoms with Crippen LogP contribution in [0.25, 0.3) is 0 Å². The third-order valence-electron chi connectivity index (χ3n) is 2.38. The molecule has 1 aromatic carbocycles. The average molecular weight is 339 g/mol. The van der Waals surface area contributed by atoms with Crippen molar-refractivity contribution in [3.05, 3.63) is 41.8 Å². The first-order valence-electron chi connectivity index (χ1n) is 5.68. The van der Waals surface area contributed by atoms with E-state index in [1.807, 2.05) is 0 Å². The van der Waals surface area contributed by atoms with Gasteiger partial charge in [-0.2, -0.15) is 21.6 Å². The molecule has 0 fully saturated rings. The van der Waals surface area contributed by atoms with E-state index in [0.29, 0.717) is 6.26 Å². The summed E-state index contributed by atoms with van der Waals surface area (Å²) in [6, 6.07) is 4.58. The highest BCUT2D eigenvalue weighted by Crippen LogP contribution is 2.32. The Labute approximate surface area is 124 Å². The van der Waals surface area contributed by atoms with Gasteiger partial charge in [0.05, 0.1) is 24.6 Å². The lowest BCUT2D eigenvalue weighted by atomic mass is 10.2. The molecule has 1 heterocycles. The van der Waals surface area contributed by atoms with Gasteiger partial charge < -0.3 is 10.0 Å². The molecule has 0 saturated carbocycles. The van der Waals surface area contributed by atoms with Crippen molar-refractivity contribution >= 4 is 21.6 Å². The summed E-state index contributed by atoms with van der Waals surface area (Å²) in [5.41, 5.74) is -0.570. The molecule has 0 bridgehead atoms. The molecule has 10 heteroatoms. The van der Waals surface area contributed by atoms with Crippen LogP contribution in [-0.2, 0) is 21.1 Å². The van der Waals surface area contributed by atoms with Crippen LogP contribution >= 0.6 is 0 Å². The molecule has 0 unspecified atom stereocenters. The maximum Gasteiger partial charge on any atom is 0.416 e. The summed E-state index contributed by atoms with van der Waals surface area (Å²) in [6.07, 6.45) is -2.59. The Bertz CT molecular complexity index is 689. The molecule has 0 amide bonds. The Kier molecular flexibility index (Phi) is 5.20. The number of hydrogen-bond acceptors (Lipinski definition) is 5. The third kappa shape index (κ3) is 5.74. The van der Waals surface area contributed by atoms with E-state index in [1.165, 1.54) is 17.0 Å². The number of hydrogen-bond donors (Lipinski definition) is 2. The zero-order chi connectivity index (χ0) is 17.1. The minimum Gasteiger partial charge on any atom is -0.503 e. The molecule has 0 atom stereocenters. The van der Waals surface area contributed by atoms with Gasteiger partial charge in [0.15, 0.2) is 5.76 Å². The summed E-state index contributed by atoms with van der Waals surface area (Å²) < 4.78 is 63.2. The van der Waals surface area contributed by atoms with Crippen molar-refractivity contribution < 1.29 is 36.0 Å². The SMILES string of the molecule is CS(=O)(=O)O.O=C1CN(c2cccc(C(F)(F)F)c2)C=C1O. The molecule has 1 aliphatic heterocycles. The zero-order valence-electron chi connectivity index (χ0n) is 11.2. The van der Waals surface area contributed by atoms with Crippen LogP contribution in [0.1, 0.15) is 5.56 Å². The Hall–Kier alpha value is -2.07. The van der Waals surface area contributed by atoms with Gasteiger partial charge in [-0.25, -0.2) is 0 Å². The first kappa shape index (κ1) is 18.0. The van der Waals surface area contributed by atoms with Gasteiger partial charge in [-0.3, -0.25) is 9.35 Å². The van der Waals surface area contributed by atoms with Crippen molar-refractivity contribution in [3.63, 3.8) is 0 Å². The van der Waals surface area contributed by atoms with Gasteiger partial charge in [-0.1, -0.05) is 6.07 Å². The minimum absolute atomic E-state index is 0.146. The Balaban J connectivity index is 0.000000422. The topological polar surface area (TPSA) is 94.9 Å². The highest BCUT2D eigenvalue weighted by Gasteiger charge is 2.31. The molecule has 2 N–H and O–H groups in total. The quantitative estimate of drug-likeness (QED) is 0.760. The van der Waals surface area contributed by atoms with Crippen molar-refractivity contribution in [1.29, 1.82) is 0 Å². The summed E-state index contributed by atoms with van der Waals surface area (Å²) in [5.74, 6) is -0.954. The van der Waals surface area contributed by atoms with Gasteiger partial charge in [0, 0.05) is 5.69 Å². The first-order valence-corrected chi connectivity index (χ1v) is 7.53. The van der Waals surface area contributed by atoms with Crippen LogP contribution in [0.3, 0.4) is 0 Å². The second kappa shape index (κ2) is 6.36. The number of ketones is 1. The van der Waals surface area contributed by atoms with E-state index in [1.54, 1.807) is 0 Å². The zero-order valence-corrected chi connectivity index (χ0v) is 12.0. The molecule has 0 saturated heterocycles. The van der Waals surface area contributed by atoms with Crippen LogP contribution in [0.15, 0.2) is 36.2 Å². The number of carbonyl (C=O) groups is 1. The second-order valence-corrected chi connectivity index (χ2v) is 5.81. The predicted octanol–water partition coefficient (Wildman–Crippen LogP) is 2.00. The molecule has 1 aromatic rings. The molecule has 0 spiro atoms. The van der Waals surface area contributed by atoms with E-state index in [-0.39, 0.29) is 12.2 Å². The van der Waals surface area contributed by atoms with E-state index in [2.05, 4.69) is 0 Å². The summed E-state index contributed by atoms with van der Waals surface area (Å²) in [5, 5.41) is 9.11. The van der Waals surface area contributed by atoms with E-state index < -0.39 is 33.4 Å². The van der Waals surface area contributed by atoms with Gasteiger partial charge in [-0.15, -0.1) is 0 Å². The van der Waals surface area contributed by atoms with E-state index in [0.717, 1.165) is 18.3 Å². The molecule has 0 radical (unpaired) electrons. The number of benzene rings is 1. The number of nitrogens with zero attached hydrogens (tertiary/aromatic N) is 1. The molecule has 2 rings (SSSR count). The lowest BCUT2D eigenvalue weighted by molar-refractivity contribution is -0.137. The van der Waals surface area contributed by atoms with Crippen LogP contribution in [0.5, 0.6) is 0 Å². The van der Waals surface area contributed by atoms with Crippen LogP contribution in [0.2, 0.25) is 0 Å². The van der Waals surface area contributed by atoms with Crippen molar-refractivity contribution in [1.82, 2.24) is 0 Å². The van der Waals surface area contributed by atoms with E-state index >= 15 is 0 Å². The Morgan fingerprint density at radius 1 is 1.27 bits per heavy atom. The molecular formula is C12H12F3NO5S. The third-order valence-corrected chi connectivity index (χ3v) is 2.38. The van der Waals surface area contributed by atoms with Crippen LogP contribution in [-0.4, -0.2) is 36.7 Å². The standard InChI is InChI=1S/C11H8F3NO2.CH4O3S/c12-11(13,14)7-2-1-3-8(4-7)15-5-9(16)10(17)6-15;1-5(2,3)4/h1-5,16H,6H2;1H3,(H,2,3,4). The normalized spacial score (nSPS) is 15.2. The Morgan fingerprint density at radius 3 is 2.23 bits per heavy atom. The van der Waals surface area contributed by atoms with Crippen LogP contribution in [0.4, 0.5) is 18.9 Å². The van der Waals surface area contributed by atoms with Gasteiger partial charge >= 0.3 is 6.18 Å². The number of aliphatic hydroxyl groups is 1. The highest BCUT2D eigenvalue weighted by molar-refractivity contribution is 7.85. The number of aliphatic hydroxyl groups excluding tert-OH is 1. The Morgan fingerprint density at radius 2 is 1.82 bits per heavy atom. The summed E-state index contributed by atoms with van der Waals surface area (Å²) in [4.78, 5) is 12.3. The molecule has 6 nitrogen and oxygen atoms in total. The molecule has 22 heavy (non-hydrogen) atoms. The van der Waals surface area contributed by atoms with Crippen molar-refractivity contribution in [2.45, 2.75) is 6.18 Å². The number of alkyl halides is 3. The summed E-state index contributed by atoms with van der Waals surface area (Å²) in [7, 11) is -3.67.